The van der Waals surface area contributed by atoms with Crippen LogP contribution in [-0.4, -0.2) is 11.7 Å². The molecule has 0 heterocycles. The fraction of sp³-hybridized carbons (Fsp3) is 0.400. The fourth-order valence-electron chi connectivity index (χ4n) is 1.63. The molecule has 1 nitrogen and oxygen atoms in total. The summed E-state index contributed by atoms with van der Waals surface area (Å²) < 4.78 is 1.06. The average molecular weight is 262 g/mol. The minimum absolute atomic E-state index is 0.291. The summed E-state index contributed by atoms with van der Waals surface area (Å²) in [5, 5.41) is 9.69. The van der Waals surface area contributed by atoms with E-state index in [4.69, 9.17) is 16.7 Å². The molecule has 1 saturated carbocycles. The highest BCUT2D eigenvalue weighted by molar-refractivity contribution is 9.10. The smallest absolute Gasteiger partial charge is 0.0465 e. The standard InChI is InChI=1S/C10H10BrClO/c11-10-4-7(12)1-2-8(10)9-3-6(9)5-13/h1-2,4,6,9,13H,3,5H2. The van der Waals surface area contributed by atoms with Crippen LogP contribution < -0.4 is 0 Å². The van der Waals surface area contributed by atoms with Crippen LogP contribution in [0.2, 0.25) is 5.02 Å². The number of hydrogen-bond donors (Lipinski definition) is 1. The molecule has 0 bridgehead atoms. The molecule has 70 valence electrons. The van der Waals surface area contributed by atoms with E-state index in [0.717, 1.165) is 15.9 Å². The number of aliphatic hydroxyl groups excluding tert-OH is 1. The summed E-state index contributed by atoms with van der Waals surface area (Å²) >= 11 is 9.31. The predicted molar refractivity (Wildman–Crippen MR) is 57.1 cm³/mol. The van der Waals surface area contributed by atoms with E-state index in [9.17, 15) is 0 Å². The van der Waals surface area contributed by atoms with Gasteiger partial charge in [-0.2, -0.15) is 0 Å². The molecule has 0 amide bonds. The number of aliphatic hydroxyl groups is 1. The van der Waals surface area contributed by atoms with Crippen molar-refractivity contribution in [3.05, 3.63) is 33.3 Å². The van der Waals surface area contributed by atoms with Crippen LogP contribution in [0.15, 0.2) is 22.7 Å². The number of hydrogen-bond acceptors (Lipinski definition) is 1. The van der Waals surface area contributed by atoms with Gasteiger partial charge < -0.3 is 5.11 Å². The third-order valence-corrected chi connectivity index (χ3v) is 3.44. The van der Waals surface area contributed by atoms with E-state index in [1.165, 1.54) is 5.56 Å². The van der Waals surface area contributed by atoms with Crippen LogP contribution in [0.5, 0.6) is 0 Å². The second kappa shape index (κ2) is 3.60. The van der Waals surface area contributed by atoms with E-state index in [0.29, 0.717) is 18.4 Å². The highest BCUT2D eigenvalue weighted by Crippen LogP contribution is 2.49. The van der Waals surface area contributed by atoms with Crippen LogP contribution in [-0.2, 0) is 0 Å². The molecule has 0 aliphatic heterocycles. The van der Waals surface area contributed by atoms with Crippen molar-refractivity contribution in [2.75, 3.05) is 6.61 Å². The normalized spacial score (nSPS) is 26.1. The lowest BCUT2D eigenvalue weighted by Gasteiger charge is -2.03. The maximum atomic E-state index is 8.94. The Morgan fingerprint density at radius 3 is 2.85 bits per heavy atom. The Kier molecular flexibility index (Phi) is 2.63. The molecule has 1 aromatic rings. The molecule has 1 fully saturated rings. The molecular formula is C10H10BrClO. The lowest BCUT2D eigenvalue weighted by Crippen LogP contribution is -1.89. The zero-order valence-corrected chi connectivity index (χ0v) is 9.35. The molecule has 2 unspecified atom stereocenters. The van der Waals surface area contributed by atoms with Crippen molar-refractivity contribution in [1.82, 2.24) is 0 Å². The van der Waals surface area contributed by atoms with Crippen LogP contribution in [0.25, 0.3) is 0 Å². The topological polar surface area (TPSA) is 20.2 Å². The van der Waals surface area contributed by atoms with Gasteiger partial charge in [-0.15, -0.1) is 0 Å². The van der Waals surface area contributed by atoms with Crippen LogP contribution in [0.1, 0.15) is 17.9 Å². The maximum Gasteiger partial charge on any atom is 0.0465 e. The van der Waals surface area contributed by atoms with E-state index in [1.807, 2.05) is 18.2 Å². The Morgan fingerprint density at radius 1 is 1.54 bits per heavy atom. The second-order valence-electron chi connectivity index (χ2n) is 3.45. The molecule has 0 radical (unpaired) electrons. The van der Waals surface area contributed by atoms with Crippen LogP contribution in [0.3, 0.4) is 0 Å². The zero-order valence-electron chi connectivity index (χ0n) is 7.00. The van der Waals surface area contributed by atoms with Gasteiger partial charge in [0, 0.05) is 16.1 Å². The van der Waals surface area contributed by atoms with Crippen molar-refractivity contribution in [3.63, 3.8) is 0 Å². The van der Waals surface area contributed by atoms with Crippen molar-refractivity contribution in [2.45, 2.75) is 12.3 Å². The first-order chi connectivity index (χ1) is 6.22. The van der Waals surface area contributed by atoms with Gasteiger partial charge in [0.15, 0.2) is 0 Å². The molecule has 1 aliphatic carbocycles. The maximum absolute atomic E-state index is 8.94. The van der Waals surface area contributed by atoms with E-state index in [-0.39, 0.29) is 0 Å². The van der Waals surface area contributed by atoms with Crippen LogP contribution in [0, 0.1) is 5.92 Å². The summed E-state index contributed by atoms with van der Waals surface area (Å²) in [4.78, 5) is 0. The quantitative estimate of drug-likeness (QED) is 0.867. The predicted octanol–water partition coefficient (Wildman–Crippen LogP) is 3.20. The first-order valence-corrected chi connectivity index (χ1v) is 5.45. The minimum atomic E-state index is 0.291. The van der Waals surface area contributed by atoms with Gasteiger partial charge in [-0.3, -0.25) is 0 Å². The fourth-order valence-corrected chi connectivity index (χ4v) is 2.61. The number of benzene rings is 1. The molecule has 1 aromatic carbocycles. The first-order valence-electron chi connectivity index (χ1n) is 4.28. The van der Waals surface area contributed by atoms with E-state index >= 15 is 0 Å². The molecular weight excluding hydrogens is 251 g/mol. The highest BCUT2D eigenvalue weighted by atomic mass is 79.9. The third-order valence-electron chi connectivity index (χ3n) is 2.52. The molecule has 13 heavy (non-hydrogen) atoms. The number of halogens is 2. The molecule has 0 spiro atoms. The summed E-state index contributed by atoms with van der Waals surface area (Å²) in [6, 6.07) is 5.84. The van der Waals surface area contributed by atoms with Gasteiger partial charge in [0.25, 0.3) is 0 Å². The molecule has 0 saturated heterocycles. The van der Waals surface area contributed by atoms with Gasteiger partial charge in [-0.05, 0) is 36.0 Å². The number of rotatable bonds is 2. The first kappa shape index (κ1) is 9.50. The Morgan fingerprint density at radius 2 is 2.31 bits per heavy atom. The van der Waals surface area contributed by atoms with Gasteiger partial charge in [-0.1, -0.05) is 33.6 Å². The monoisotopic (exact) mass is 260 g/mol. The van der Waals surface area contributed by atoms with Crippen LogP contribution >= 0.6 is 27.5 Å². The molecule has 1 aliphatic rings. The lowest BCUT2D eigenvalue weighted by atomic mass is 10.1. The zero-order chi connectivity index (χ0) is 9.42. The minimum Gasteiger partial charge on any atom is -0.396 e. The van der Waals surface area contributed by atoms with Crippen molar-refractivity contribution >= 4 is 27.5 Å². The summed E-state index contributed by atoms with van der Waals surface area (Å²) in [5.74, 6) is 0.981. The molecule has 3 heteroatoms. The van der Waals surface area contributed by atoms with Gasteiger partial charge in [0.05, 0.1) is 0 Å². The summed E-state index contributed by atoms with van der Waals surface area (Å²) in [5.41, 5.74) is 1.27. The van der Waals surface area contributed by atoms with Gasteiger partial charge in [-0.25, -0.2) is 0 Å². The van der Waals surface area contributed by atoms with E-state index in [2.05, 4.69) is 15.9 Å². The van der Waals surface area contributed by atoms with Gasteiger partial charge in [0.1, 0.15) is 0 Å². The van der Waals surface area contributed by atoms with Crippen molar-refractivity contribution < 1.29 is 5.11 Å². The van der Waals surface area contributed by atoms with E-state index < -0.39 is 0 Å². The molecule has 2 atom stereocenters. The highest BCUT2D eigenvalue weighted by Gasteiger charge is 2.38. The van der Waals surface area contributed by atoms with Crippen molar-refractivity contribution in [2.24, 2.45) is 5.92 Å². The van der Waals surface area contributed by atoms with Crippen molar-refractivity contribution in [3.8, 4) is 0 Å². The summed E-state index contributed by atoms with van der Waals surface area (Å²) in [7, 11) is 0. The molecule has 0 aromatic heterocycles. The Hall–Kier alpha value is -0.0500. The van der Waals surface area contributed by atoms with Crippen LogP contribution in [0.4, 0.5) is 0 Å². The lowest BCUT2D eigenvalue weighted by molar-refractivity contribution is 0.274. The Labute approximate surface area is 90.9 Å². The Bertz CT molecular complexity index is 327. The summed E-state index contributed by atoms with van der Waals surface area (Å²) in [6.45, 7) is 0.291. The van der Waals surface area contributed by atoms with Gasteiger partial charge >= 0.3 is 0 Å². The molecule has 1 N–H and O–H groups in total. The third kappa shape index (κ3) is 1.90. The largest absolute Gasteiger partial charge is 0.396 e. The average Bonchev–Trinajstić information content (AvgIpc) is 2.83. The molecule has 2 rings (SSSR count). The Balaban J connectivity index is 2.22. The SMILES string of the molecule is OCC1CC1c1ccc(Cl)cc1Br. The second-order valence-corrected chi connectivity index (χ2v) is 4.74. The van der Waals surface area contributed by atoms with Gasteiger partial charge in [0.2, 0.25) is 0 Å². The van der Waals surface area contributed by atoms with Crippen molar-refractivity contribution in [1.29, 1.82) is 0 Å². The van der Waals surface area contributed by atoms with E-state index in [1.54, 1.807) is 0 Å². The summed E-state index contributed by atoms with van der Waals surface area (Å²) in [6.07, 6.45) is 1.09.